The number of nitrogens with one attached hydrogen (secondary N) is 1. The van der Waals surface area contributed by atoms with E-state index in [-0.39, 0.29) is 18.1 Å². The van der Waals surface area contributed by atoms with Gasteiger partial charge < -0.3 is 9.80 Å². The number of nitrogens with zero attached hydrogens (tertiary/aromatic N) is 2. The topological polar surface area (TPSA) is 35.6 Å². The number of hydrogen-bond acceptors (Lipinski definition) is 3. The average molecular weight is 225 g/mol. The Morgan fingerprint density at radius 3 is 2.69 bits per heavy atom. The Balaban J connectivity index is 1.81. The SMILES string of the molecule is CCC1NC(C)N(CCN(C)C2CC2)C1=O. The van der Waals surface area contributed by atoms with Gasteiger partial charge in [0, 0.05) is 19.1 Å². The molecule has 0 bridgehead atoms. The van der Waals surface area contributed by atoms with Crippen molar-refractivity contribution >= 4 is 5.91 Å². The molecule has 2 aliphatic rings. The van der Waals surface area contributed by atoms with Gasteiger partial charge in [-0.05, 0) is 33.2 Å². The summed E-state index contributed by atoms with van der Waals surface area (Å²) in [6, 6.07) is 0.823. The highest BCUT2D eigenvalue weighted by Crippen LogP contribution is 2.25. The molecule has 0 spiro atoms. The summed E-state index contributed by atoms with van der Waals surface area (Å²) >= 11 is 0. The Hall–Kier alpha value is -0.610. The van der Waals surface area contributed by atoms with Crippen LogP contribution in [-0.2, 0) is 4.79 Å². The zero-order valence-electron chi connectivity index (χ0n) is 10.6. The normalized spacial score (nSPS) is 30.5. The molecule has 4 nitrogen and oxygen atoms in total. The van der Waals surface area contributed by atoms with Crippen molar-refractivity contribution in [2.24, 2.45) is 0 Å². The molecule has 1 saturated heterocycles. The predicted molar refractivity (Wildman–Crippen MR) is 64.0 cm³/mol. The van der Waals surface area contributed by atoms with Crippen LogP contribution in [-0.4, -0.2) is 54.1 Å². The molecule has 1 aliphatic heterocycles. The monoisotopic (exact) mass is 225 g/mol. The van der Waals surface area contributed by atoms with Gasteiger partial charge in [-0.3, -0.25) is 10.1 Å². The molecule has 1 saturated carbocycles. The van der Waals surface area contributed by atoms with Crippen LogP contribution in [0.4, 0.5) is 0 Å². The van der Waals surface area contributed by atoms with E-state index in [0.29, 0.717) is 0 Å². The number of carbonyl (C=O) groups is 1. The van der Waals surface area contributed by atoms with Crippen molar-refractivity contribution < 1.29 is 4.79 Å². The van der Waals surface area contributed by atoms with Crippen LogP contribution in [0.15, 0.2) is 0 Å². The Labute approximate surface area is 98.0 Å². The highest BCUT2D eigenvalue weighted by molar-refractivity contribution is 5.84. The van der Waals surface area contributed by atoms with Gasteiger partial charge >= 0.3 is 0 Å². The quantitative estimate of drug-likeness (QED) is 0.746. The van der Waals surface area contributed by atoms with E-state index in [9.17, 15) is 4.79 Å². The maximum atomic E-state index is 12.0. The lowest BCUT2D eigenvalue weighted by molar-refractivity contribution is -0.130. The van der Waals surface area contributed by atoms with E-state index in [2.05, 4.69) is 31.1 Å². The fraction of sp³-hybridized carbons (Fsp3) is 0.917. The molecule has 16 heavy (non-hydrogen) atoms. The zero-order valence-corrected chi connectivity index (χ0v) is 10.6. The molecular weight excluding hydrogens is 202 g/mol. The molecule has 1 aliphatic carbocycles. The number of rotatable bonds is 5. The Kier molecular flexibility index (Phi) is 3.50. The molecule has 2 rings (SSSR count). The molecule has 0 aromatic heterocycles. The number of carbonyl (C=O) groups excluding carboxylic acids is 1. The first-order valence-corrected chi connectivity index (χ1v) is 6.40. The summed E-state index contributed by atoms with van der Waals surface area (Å²) in [7, 11) is 2.16. The summed E-state index contributed by atoms with van der Waals surface area (Å²) in [6.07, 6.45) is 3.74. The van der Waals surface area contributed by atoms with E-state index in [1.807, 2.05) is 4.90 Å². The second-order valence-corrected chi connectivity index (χ2v) is 5.05. The van der Waals surface area contributed by atoms with Gasteiger partial charge in [-0.2, -0.15) is 0 Å². The Morgan fingerprint density at radius 1 is 1.50 bits per heavy atom. The van der Waals surface area contributed by atoms with Crippen molar-refractivity contribution in [2.75, 3.05) is 20.1 Å². The van der Waals surface area contributed by atoms with Gasteiger partial charge in [0.25, 0.3) is 0 Å². The van der Waals surface area contributed by atoms with Gasteiger partial charge in [0.05, 0.1) is 12.2 Å². The van der Waals surface area contributed by atoms with Crippen molar-refractivity contribution in [1.82, 2.24) is 15.1 Å². The molecule has 1 amide bonds. The summed E-state index contributed by atoms with van der Waals surface area (Å²) < 4.78 is 0. The molecule has 92 valence electrons. The first-order chi connectivity index (χ1) is 7.63. The Bertz CT molecular complexity index is 265. The molecule has 2 unspecified atom stereocenters. The van der Waals surface area contributed by atoms with Gasteiger partial charge in [0.1, 0.15) is 0 Å². The number of amides is 1. The third-order valence-electron chi connectivity index (χ3n) is 3.76. The van der Waals surface area contributed by atoms with Crippen LogP contribution in [0.5, 0.6) is 0 Å². The lowest BCUT2D eigenvalue weighted by atomic mass is 10.2. The van der Waals surface area contributed by atoms with Crippen LogP contribution in [0.2, 0.25) is 0 Å². The average Bonchev–Trinajstić information content (AvgIpc) is 3.05. The van der Waals surface area contributed by atoms with Gasteiger partial charge in [-0.1, -0.05) is 6.92 Å². The van der Waals surface area contributed by atoms with Gasteiger partial charge in [0.2, 0.25) is 5.91 Å². The smallest absolute Gasteiger partial charge is 0.241 e. The van der Waals surface area contributed by atoms with Crippen molar-refractivity contribution in [3.05, 3.63) is 0 Å². The standard InChI is InChI=1S/C12H23N3O/c1-4-11-12(16)15(9(2)13-11)8-7-14(3)10-5-6-10/h9-11,13H,4-8H2,1-3H3. The third kappa shape index (κ3) is 2.38. The third-order valence-corrected chi connectivity index (χ3v) is 3.76. The maximum absolute atomic E-state index is 12.0. The van der Waals surface area contributed by atoms with Crippen molar-refractivity contribution in [2.45, 2.75) is 51.4 Å². The van der Waals surface area contributed by atoms with Gasteiger partial charge in [-0.15, -0.1) is 0 Å². The van der Waals surface area contributed by atoms with E-state index in [1.165, 1.54) is 12.8 Å². The van der Waals surface area contributed by atoms with Crippen LogP contribution in [0.1, 0.15) is 33.1 Å². The largest absolute Gasteiger partial charge is 0.325 e. The minimum atomic E-state index is 0.0428. The summed E-state index contributed by atoms with van der Waals surface area (Å²) in [4.78, 5) is 16.3. The first kappa shape index (κ1) is 11.9. The number of likely N-dealkylation sites (N-methyl/N-ethyl adjacent to an activating group) is 1. The molecule has 1 N–H and O–H groups in total. The van der Waals surface area contributed by atoms with Crippen LogP contribution in [0.3, 0.4) is 0 Å². The lowest BCUT2D eigenvalue weighted by Gasteiger charge is -2.24. The molecular formula is C12H23N3O. The van der Waals surface area contributed by atoms with Crippen molar-refractivity contribution in [3.8, 4) is 0 Å². The number of hydrogen-bond donors (Lipinski definition) is 1. The molecule has 2 fully saturated rings. The summed E-state index contributed by atoms with van der Waals surface area (Å²) in [5.74, 6) is 0.277. The molecule has 0 radical (unpaired) electrons. The summed E-state index contributed by atoms with van der Waals surface area (Å²) in [6.45, 7) is 5.99. The van der Waals surface area contributed by atoms with Crippen molar-refractivity contribution in [1.29, 1.82) is 0 Å². The minimum Gasteiger partial charge on any atom is -0.325 e. The fourth-order valence-electron chi connectivity index (χ4n) is 2.40. The van der Waals surface area contributed by atoms with Crippen LogP contribution in [0, 0.1) is 0 Å². The zero-order chi connectivity index (χ0) is 11.7. The lowest BCUT2D eigenvalue weighted by Crippen LogP contribution is -2.40. The maximum Gasteiger partial charge on any atom is 0.241 e. The molecule has 0 aromatic rings. The van der Waals surface area contributed by atoms with Gasteiger partial charge in [0.15, 0.2) is 0 Å². The van der Waals surface area contributed by atoms with E-state index >= 15 is 0 Å². The van der Waals surface area contributed by atoms with Crippen molar-refractivity contribution in [3.63, 3.8) is 0 Å². The molecule has 1 heterocycles. The van der Waals surface area contributed by atoms with Crippen LogP contribution >= 0.6 is 0 Å². The molecule has 0 aromatic carbocycles. The van der Waals surface area contributed by atoms with E-state index < -0.39 is 0 Å². The molecule has 2 atom stereocenters. The van der Waals surface area contributed by atoms with E-state index in [0.717, 1.165) is 25.6 Å². The Morgan fingerprint density at radius 2 is 2.19 bits per heavy atom. The second-order valence-electron chi connectivity index (χ2n) is 5.05. The fourth-order valence-corrected chi connectivity index (χ4v) is 2.40. The second kappa shape index (κ2) is 4.72. The summed E-state index contributed by atoms with van der Waals surface area (Å²) in [5.41, 5.74) is 0. The highest BCUT2D eigenvalue weighted by Gasteiger charge is 2.35. The minimum absolute atomic E-state index is 0.0428. The van der Waals surface area contributed by atoms with Crippen LogP contribution in [0.25, 0.3) is 0 Å². The van der Waals surface area contributed by atoms with E-state index in [4.69, 9.17) is 0 Å². The van der Waals surface area contributed by atoms with E-state index in [1.54, 1.807) is 0 Å². The molecule has 4 heteroatoms. The first-order valence-electron chi connectivity index (χ1n) is 6.40. The summed E-state index contributed by atoms with van der Waals surface area (Å²) in [5, 5.41) is 3.33. The highest BCUT2D eigenvalue weighted by atomic mass is 16.2. The van der Waals surface area contributed by atoms with Gasteiger partial charge in [-0.25, -0.2) is 0 Å². The van der Waals surface area contributed by atoms with Crippen LogP contribution < -0.4 is 5.32 Å². The predicted octanol–water partition coefficient (Wildman–Crippen LogP) is 0.637.